The van der Waals surface area contributed by atoms with Gasteiger partial charge < -0.3 is 13.9 Å². The van der Waals surface area contributed by atoms with E-state index in [0.717, 1.165) is 56.7 Å². The van der Waals surface area contributed by atoms with Gasteiger partial charge in [-0.1, -0.05) is 31.2 Å². The van der Waals surface area contributed by atoms with E-state index in [-0.39, 0.29) is 6.29 Å². The summed E-state index contributed by atoms with van der Waals surface area (Å²) in [5.74, 6) is 1.57. The maximum atomic E-state index is 6.19. The molecule has 0 radical (unpaired) electrons. The van der Waals surface area contributed by atoms with Crippen LogP contribution in [0.25, 0.3) is 17.0 Å². The van der Waals surface area contributed by atoms with Crippen molar-refractivity contribution in [2.75, 3.05) is 13.2 Å². The number of allylic oxidation sites excluding steroid dienone is 1. The number of hydrogen-bond acceptors (Lipinski definition) is 3. The highest BCUT2D eigenvalue weighted by Crippen LogP contribution is 2.41. The standard InChI is InChI=1S/C22H28O3/c1-2-16-12-13-19-21(16)18-10-7-9-17(22(18)25-19)8-3-5-14-23-20-11-4-6-15-24-20/h7,9-10,12-13,16,20H,2-6,8,11,14-15H2,1H3. The van der Waals surface area contributed by atoms with Crippen molar-refractivity contribution in [2.45, 2.75) is 64.1 Å². The fraction of sp³-hybridized carbons (Fsp3) is 0.545. The van der Waals surface area contributed by atoms with Crippen molar-refractivity contribution in [2.24, 2.45) is 0 Å². The van der Waals surface area contributed by atoms with Gasteiger partial charge >= 0.3 is 0 Å². The number of unbranched alkanes of at least 4 members (excludes halogenated alkanes) is 1. The molecular formula is C22H28O3. The number of fused-ring (bicyclic) bond motifs is 3. The second kappa shape index (κ2) is 7.76. The zero-order valence-electron chi connectivity index (χ0n) is 15.1. The van der Waals surface area contributed by atoms with Gasteiger partial charge in [0.1, 0.15) is 11.3 Å². The van der Waals surface area contributed by atoms with E-state index in [1.165, 1.54) is 29.4 Å². The Morgan fingerprint density at radius 2 is 2.16 bits per heavy atom. The third-order valence-electron chi connectivity index (χ3n) is 5.44. The molecule has 4 rings (SSSR count). The number of para-hydroxylation sites is 1. The number of rotatable bonds is 7. The number of aryl methyl sites for hydroxylation is 1. The summed E-state index contributed by atoms with van der Waals surface area (Å²) in [5.41, 5.74) is 3.80. The van der Waals surface area contributed by atoms with Crippen molar-refractivity contribution in [3.63, 3.8) is 0 Å². The molecule has 0 bridgehead atoms. The average Bonchev–Trinajstić information content (AvgIpc) is 3.22. The van der Waals surface area contributed by atoms with E-state index in [1.807, 2.05) is 0 Å². The summed E-state index contributed by atoms with van der Waals surface area (Å²) in [5, 5.41) is 1.30. The predicted octanol–water partition coefficient (Wildman–Crippen LogP) is 5.82. The molecule has 0 amide bonds. The number of benzene rings is 1. The van der Waals surface area contributed by atoms with E-state index in [1.54, 1.807) is 0 Å². The molecule has 0 spiro atoms. The molecule has 1 aromatic carbocycles. The minimum atomic E-state index is 0.0306. The largest absolute Gasteiger partial charge is 0.456 e. The second-order valence-corrected chi connectivity index (χ2v) is 7.17. The maximum Gasteiger partial charge on any atom is 0.157 e. The normalized spacial score (nSPS) is 22.6. The monoisotopic (exact) mass is 340 g/mol. The summed E-state index contributed by atoms with van der Waals surface area (Å²) in [6, 6.07) is 6.59. The molecule has 2 atom stereocenters. The summed E-state index contributed by atoms with van der Waals surface area (Å²) >= 11 is 0. The molecule has 1 aliphatic heterocycles. The SMILES string of the molecule is CCC1C=Cc2oc3c(CCCCOC4CCCCO4)cccc3c21. The zero-order valence-corrected chi connectivity index (χ0v) is 15.1. The maximum absolute atomic E-state index is 6.19. The Balaban J connectivity index is 1.35. The summed E-state index contributed by atoms with van der Waals surface area (Å²) in [4.78, 5) is 0. The van der Waals surface area contributed by atoms with Crippen LogP contribution in [0, 0.1) is 0 Å². The van der Waals surface area contributed by atoms with Gasteiger partial charge in [-0.3, -0.25) is 0 Å². The Kier molecular flexibility index (Phi) is 5.23. The lowest BCUT2D eigenvalue weighted by Crippen LogP contribution is -2.22. The topological polar surface area (TPSA) is 31.6 Å². The van der Waals surface area contributed by atoms with Crippen molar-refractivity contribution >= 4 is 17.0 Å². The van der Waals surface area contributed by atoms with Crippen LogP contribution in [0.4, 0.5) is 0 Å². The minimum absolute atomic E-state index is 0.0306. The lowest BCUT2D eigenvalue weighted by atomic mass is 9.96. The van der Waals surface area contributed by atoms with Gasteiger partial charge in [-0.15, -0.1) is 0 Å². The third kappa shape index (κ3) is 3.54. The highest BCUT2D eigenvalue weighted by atomic mass is 16.7. The Bertz CT molecular complexity index is 737. The van der Waals surface area contributed by atoms with E-state index in [2.05, 4.69) is 37.3 Å². The third-order valence-corrected chi connectivity index (χ3v) is 5.44. The molecular weight excluding hydrogens is 312 g/mol. The fourth-order valence-electron chi connectivity index (χ4n) is 4.03. The van der Waals surface area contributed by atoms with E-state index in [9.17, 15) is 0 Å². The molecule has 134 valence electrons. The molecule has 25 heavy (non-hydrogen) atoms. The molecule has 0 saturated carbocycles. The fourth-order valence-corrected chi connectivity index (χ4v) is 4.03. The molecule has 2 unspecified atom stereocenters. The van der Waals surface area contributed by atoms with Gasteiger partial charge in [-0.2, -0.15) is 0 Å². The highest BCUT2D eigenvalue weighted by Gasteiger charge is 2.24. The van der Waals surface area contributed by atoms with Gasteiger partial charge in [0.05, 0.1) is 0 Å². The molecule has 2 heterocycles. The van der Waals surface area contributed by atoms with Crippen molar-refractivity contribution < 1.29 is 13.9 Å². The van der Waals surface area contributed by atoms with Crippen LogP contribution in [0.2, 0.25) is 0 Å². The lowest BCUT2D eigenvalue weighted by molar-refractivity contribution is -0.162. The molecule has 1 fully saturated rings. The zero-order chi connectivity index (χ0) is 17.1. The summed E-state index contributed by atoms with van der Waals surface area (Å²) in [6.45, 7) is 3.88. The van der Waals surface area contributed by atoms with Gasteiger partial charge in [-0.25, -0.2) is 0 Å². The quantitative estimate of drug-likeness (QED) is 0.595. The van der Waals surface area contributed by atoms with Crippen LogP contribution in [-0.4, -0.2) is 19.5 Å². The van der Waals surface area contributed by atoms with Crippen molar-refractivity contribution in [3.8, 4) is 0 Å². The average molecular weight is 340 g/mol. The summed E-state index contributed by atoms with van der Waals surface area (Å²) in [7, 11) is 0. The van der Waals surface area contributed by atoms with Crippen LogP contribution in [0.5, 0.6) is 0 Å². The number of hydrogen-bond donors (Lipinski definition) is 0. The Hall–Kier alpha value is -1.58. The summed E-state index contributed by atoms with van der Waals surface area (Å²) < 4.78 is 17.6. The van der Waals surface area contributed by atoms with Crippen LogP contribution in [0.3, 0.4) is 0 Å². The van der Waals surface area contributed by atoms with E-state index in [4.69, 9.17) is 13.9 Å². The first kappa shape index (κ1) is 16.9. The minimum Gasteiger partial charge on any atom is -0.456 e. The van der Waals surface area contributed by atoms with Crippen LogP contribution in [0.15, 0.2) is 28.7 Å². The van der Waals surface area contributed by atoms with Gasteiger partial charge in [0.2, 0.25) is 0 Å². The molecule has 0 N–H and O–H groups in total. The Labute approximate surface area is 150 Å². The Morgan fingerprint density at radius 1 is 1.20 bits per heavy atom. The second-order valence-electron chi connectivity index (χ2n) is 7.17. The summed E-state index contributed by atoms with van der Waals surface area (Å²) in [6.07, 6.45) is 12.2. The van der Waals surface area contributed by atoms with Gasteiger partial charge in [0.25, 0.3) is 0 Å². The molecule has 1 aromatic heterocycles. The van der Waals surface area contributed by atoms with E-state index in [0.29, 0.717) is 5.92 Å². The van der Waals surface area contributed by atoms with Crippen molar-refractivity contribution in [3.05, 3.63) is 41.2 Å². The highest BCUT2D eigenvalue weighted by molar-refractivity contribution is 5.89. The first-order valence-corrected chi connectivity index (χ1v) is 9.82. The van der Waals surface area contributed by atoms with Crippen LogP contribution >= 0.6 is 0 Å². The van der Waals surface area contributed by atoms with Crippen molar-refractivity contribution in [1.82, 2.24) is 0 Å². The van der Waals surface area contributed by atoms with Crippen LogP contribution in [-0.2, 0) is 15.9 Å². The molecule has 2 aliphatic rings. The molecule has 3 nitrogen and oxygen atoms in total. The predicted molar refractivity (Wildman–Crippen MR) is 101 cm³/mol. The lowest BCUT2D eigenvalue weighted by Gasteiger charge is -2.22. The van der Waals surface area contributed by atoms with Crippen LogP contribution in [0.1, 0.15) is 68.3 Å². The molecule has 1 saturated heterocycles. The van der Waals surface area contributed by atoms with Crippen molar-refractivity contribution in [1.29, 1.82) is 0 Å². The first-order chi connectivity index (χ1) is 12.4. The van der Waals surface area contributed by atoms with Gasteiger partial charge in [0, 0.05) is 30.1 Å². The first-order valence-electron chi connectivity index (χ1n) is 9.82. The number of ether oxygens (including phenoxy) is 2. The molecule has 2 aromatic rings. The van der Waals surface area contributed by atoms with Gasteiger partial charge in [-0.05, 0) is 56.6 Å². The van der Waals surface area contributed by atoms with E-state index < -0.39 is 0 Å². The molecule has 3 heteroatoms. The smallest absolute Gasteiger partial charge is 0.157 e. The van der Waals surface area contributed by atoms with Gasteiger partial charge in [0.15, 0.2) is 6.29 Å². The number of furan rings is 1. The molecule has 1 aliphatic carbocycles. The van der Waals surface area contributed by atoms with E-state index >= 15 is 0 Å². The van der Waals surface area contributed by atoms with Crippen LogP contribution < -0.4 is 0 Å². The Morgan fingerprint density at radius 3 is 3.00 bits per heavy atom.